The van der Waals surface area contributed by atoms with Gasteiger partial charge in [-0.05, 0) is 37.1 Å². The maximum absolute atomic E-state index is 12.4. The van der Waals surface area contributed by atoms with Crippen molar-refractivity contribution in [2.75, 3.05) is 19.6 Å². The molecule has 0 heterocycles. The highest BCUT2D eigenvalue weighted by Gasteiger charge is 2.17. The molecule has 0 rings (SSSR count). The lowest BCUT2D eigenvalue weighted by Gasteiger charge is -2.27. The average molecular weight is 284 g/mol. The van der Waals surface area contributed by atoms with E-state index in [-0.39, 0.29) is 0 Å². The van der Waals surface area contributed by atoms with Crippen molar-refractivity contribution in [3.63, 3.8) is 0 Å². The normalized spacial score (nSPS) is 13.0. The van der Waals surface area contributed by atoms with E-state index in [4.69, 9.17) is 5.73 Å². The average Bonchev–Trinajstić information content (AvgIpc) is 2.34. The van der Waals surface area contributed by atoms with E-state index < -0.39 is 0 Å². The van der Waals surface area contributed by atoms with Crippen molar-refractivity contribution >= 4 is 5.91 Å². The van der Waals surface area contributed by atoms with Crippen LogP contribution in [0, 0.1) is 17.8 Å². The number of carbonyl (C=O) groups is 1. The first-order chi connectivity index (χ1) is 9.40. The quantitative estimate of drug-likeness (QED) is 0.629. The minimum Gasteiger partial charge on any atom is -0.342 e. The lowest BCUT2D eigenvalue weighted by atomic mass is 9.94. The number of nitrogens with zero attached hydrogens (tertiary/aromatic N) is 1. The van der Waals surface area contributed by atoms with Gasteiger partial charge in [-0.25, -0.2) is 0 Å². The molecule has 1 unspecified atom stereocenters. The molecule has 1 amide bonds. The molecule has 3 heteroatoms. The van der Waals surface area contributed by atoms with Gasteiger partial charge in [0.15, 0.2) is 0 Å². The van der Waals surface area contributed by atoms with Gasteiger partial charge in [-0.3, -0.25) is 4.79 Å². The third-order valence-electron chi connectivity index (χ3n) is 3.56. The molecule has 0 aliphatic rings. The molecule has 0 aliphatic heterocycles. The van der Waals surface area contributed by atoms with Gasteiger partial charge in [0.05, 0.1) is 0 Å². The van der Waals surface area contributed by atoms with Crippen LogP contribution in [0.4, 0.5) is 0 Å². The van der Waals surface area contributed by atoms with E-state index in [9.17, 15) is 4.79 Å². The number of amides is 1. The molecule has 0 spiro atoms. The van der Waals surface area contributed by atoms with Gasteiger partial charge in [-0.15, -0.1) is 0 Å². The zero-order chi connectivity index (χ0) is 15.5. The zero-order valence-electron chi connectivity index (χ0n) is 14.3. The van der Waals surface area contributed by atoms with Gasteiger partial charge in [-0.1, -0.05) is 47.5 Å². The Morgan fingerprint density at radius 2 is 1.55 bits per heavy atom. The van der Waals surface area contributed by atoms with Crippen molar-refractivity contribution in [2.24, 2.45) is 23.5 Å². The summed E-state index contributed by atoms with van der Waals surface area (Å²) in [5.74, 6) is 2.01. The first-order valence-electron chi connectivity index (χ1n) is 8.38. The Morgan fingerprint density at radius 1 is 1.00 bits per heavy atom. The third kappa shape index (κ3) is 9.35. The molecule has 0 fully saturated rings. The second-order valence-corrected chi connectivity index (χ2v) is 6.86. The molecule has 0 bridgehead atoms. The maximum Gasteiger partial charge on any atom is 0.222 e. The number of rotatable bonds is 11. The van der Waals surface area contributed by atoms with Gasteiger partial charge in [0.25, 0.3) is 0 Å². The fraction of sp³-hybridized carbons (Fsp3) is 0.941. The molecule has 0 radical (unpaired) electrons. The van der Waals surface area contributed by atoms with Crippen molar-refractivity contribution < 1.29 is 4.79 Å². The van der Waals surface area contributed by atoms with E-state index in [1.165, 1.54) is 12.8 Å². The molecule has 1 atom stereocenters. The summed E-state index contributed by atoms with van der Waals surface area (Å²) in [4.78, 5) is 14.5. The Kier molecular flexibility index (Phi) is 10.8. The molecule has 120 valence electrons. The van der Waals surface area contributed by atoms with E-state index in [1.54, 1.807) is 0 Å². The third-order valence-corrected chi connectivity index (χ3v) is 3.56. The summed E-state index contributed by atoms with van der Waals surface area (Å²) < 4.78 is 0. The second kappa shape index (κ2) is 11.1. The minimum absolute atomic E-state index is 0.325. The van der Waals surface area contributed by atoms with Gasteiger partial charge >= 0.3 is 0 Å². The summed E-state index contributed by atoms with van der Waals surface area (Å²) >= 11 is 0. The highest BCUT2D eigenvalue weighted by Crippen LogP contribution is 2.18. The highest BCUT2D eigenvalue weighted by atomic mass is 16.2. The number of carbonyl (C=O) groups excluding carboxylic acids is 1. The van der Waals surface area contributed by atoms with Gasteiger partial charge in [-0.2, -0.15) is 0 Å². The lowest BCUT2D eigenvalue weighted by molar-refractivity contribution is -0.132. The van der Waals surface area contributed by atoms with E-state index >= 15 is 0 Å². The summed E-state index contributed by atoms with van der Waals surface area (Å²) in [5.41, 5.74) is 5.66. The summed E-state index contributed by atoms with van der Waals surface area (Å²) in [6.45, 7) is 13.4. The van der Waals surface area contributed by atoms with Crippen molar-refractivity contribution in [1.29, 1.82) is 0 Å². The van der Waals surface area contributed by atoms with Crippen LogP contribution in [-0.4, -0.2) is 30.4 Å². The summed E-state index contributed by atoms with van der Waals surface area (Å²) in [6, 6.07) is 0. The molecular weight excluding hydrogens is 248 g/mol. The molecule has 0 aromatic heterocycles. The van der Waals surface area contributed by atoms with Gasteiger partial charge in [0, 0.05) is 19.5 Å². The number of nitrogens with two attached hydrogens (primary N) is 1. The molecule has 0 saturated heterocycles. The topological polar surface area (TPSA) is 46.3 Å². The van der Waals surface area contributed by atoms with Crippen LogP contribution in [0.1, 0.15) is 66.7 Å². The molecule has 3 nitrogen and oxygen atoms in total. The highest BCUT2D eigenvalue weighted by molar-refractivity contribution is 5.76. The van der Waals surface area contributed by atoms with Gasteiger partial charge in [0.2, 0.25) is 5.91 Å². The van der Waals surface area contributed by atoms with Crippen LogP contribution >= 0.6 is 0 Å². The standard InChI is InChI=1S/C17H36N2O/c1-6-7-16(10-11-18)8-9-17(20)19(12-14(2)3)13-15(4)5/h14-16H,6-13,18H2,1-5H3. The molecule has 0 aromatic carbocycles. The predicted octanol–water partition coefficient (Wildman–Crippen LogP) is 3.67. The van der Waals surface area contributed by atoms with Crippen LogP contribution in [0.15, 0.2) is 0 Å². The van der Waals surface area contributed by atoms with Gasteiger partial charge < -0.3 is 10.6 Å². The van der Waals surface area contributed by atoms with Crippen molar-refractivity contribution in [3.05, 3.63) is 0 Å². The largest absolute Gasteiger partial charge is 0.342 e. The summed E-state index contributed by atoms with van der Waals surface area (Å²) in [7, 11) is 0. The second-order valence-electron chi connectivity index (χ2n) is 6.86. The van der Waals surface area contributed by atoms with Crippen molar-refractivity contribution in [3.8, 4) is 0 Å². The molecular formula is C17H36N2O. The Morgan fingerprint density at radius 3 is 1.95 bits per heavy atom. The van der Waals surface area contributed by atoms with Crippen LogP contribution in [0.3, 0.4) is 0 Å². The smallest absolute Gasteiger partial charge is 0.222 e. The fourth-order valence-corrected chi connectivity index (χ4v) is 2.72. The monoisotopic (exact) mass is 284 g/mol. The molecule has 0 saturated carbocycles. The molecule has 0 aliphatic carbocycles. The fourth-order valence-electron chi connectivity index (χ4n) is 2.72. The van der Waals surface area contributed by atoms with E-state index in [1.807, 2.05) is 0 Å². The number of hydrogen-bond acceptors (Lipinski definition) is 2. The van der Waals surface area contributed by atoms with E-state index in [0.717, 1.165) is 32.5 Å². The van der Waals surface area contributed by atoms with Crippen LogP contribution in [0.25, 0.3) is 0 Å². The predicted molar refractivity (Wildman–Crippen MR) is 87.6 cm³/mol. The Hall–Kier alpha value is -0.570. The summed E-state index contributed by atoms with van der Waals surface area (Å²) in [5, 5.41) is 0. The molecule has 2 N–H and O–H groups in total. The Balaban J connectivity index is 4.34. The molecule has 0 aromatic rings. The Labute approximate surface area is 126 Å². The lowest BCUT2D eigenvalue weighted by Crippen LogP contribution is -2.37. The van der Waals surface area contributed by atoms with Crippen LogP contribution in [-0.2, 0) is 4.79 Å². The first kappa shape index (κ1) is 19.4. The zero-order valence-corrected chi connectivity index (χ0v) is 14.3. The SMILES string of the molecule is CCCC(CCN)CCC(=O)N(CC(C)C)CC(C)C. The van der Waals surface area contributed by atoms with Gasteiger partial charge in [0.1, 0.15) is 0 Å². The van der Waals surface area contributed by atoms with Crippen LogP contribution < -0.4 is 5.73 Å². The minimum atomic E-state index is 0.325. The number of hydrogen-bond donors (Lipinski definition) is 1. The maximum atomic E-state index is 12.4. The van der Waals surface area contributed by atoms with Crippen molar-refractivity contribution in [1.82, 2.24) is 4.90 Å². The van der Waals surface area contributed by atoms with Crippen LogP contribution in [0.5, 0.6) is 0 Å². The van der Waals surface area contributed by atoms with E-state index in [2.05, 4.69) is 39.5 Å². The first-order valence-corrected chi connectivity index (χ1v) is 8.38. The van der Waals surface area contributed by atoms with Crippen molar-refractivity contribution in [2.45, 2.75) is 66.7 Å². The molecule has 20 heavy (non-hydrogen) atoms. The van der Waals surface area contributed by atoms with E-state index in [0.29, 0.717) is 30.1 Å². The Bertz CT molecular complexity index is 235. The van der Waals surface area contributed by atoms with Crippen LogP contribution in [0.2, 0.25) is 0 Å². The summed E-state index contributed by atoms with van der Waals surface area (Å²) in [6.07, 6.45) is 5.11.